The van der Waals surface area contributed by atoms with Crippen LogP contribution in [0.3, 0.4) is 0 Å². The molecule has 2 aromatic carbocycles. The molecule has 0 aliphatic carbocycles. The standard InChI is InChI=1S/C20H19N3O4S/c1-12-5-3-4-6-15(12)23-19(25)14(22-20(23)28)9-13-7-8-16(17(10-13)26-2)27-11-18(21)24/h3-10H,11H2,1-2H3,(H2,21,24)(H,22,28)/b14-9+. The molecule has 1 heterocycles. The fourth-order valence-electron chi connectivity index (χ4n) is 2.78. The Bertz CT molecular complexity index is 987. The third kappa shape index (κ3) is 3.96. The van der Waals surface area contributed by atoms with Gasteiger partial charge in [-0.15, -0.1) is 0 Å². The van der Waals surface area contributed by atoms with E-state index < -0.39 is 5.91 Å². The largest absolute Gasteiger partial charge is 0.493 e. The zero-order chi connectivity index (χ0) is 20.3. The van der Waals surface area contributed by atoms with Gasteiger partial charge in [-0.2, -0.15) is 0 Å². The van der Waals surface area contributed by atoms with Gasteiger partial charge in [0.05, 0.1) is 12.8 Å². The summed E-state index contributed by atoms with van der Waals surface area (Å²) >= 11 is 5.35. The summed E-state index contributed by atoms with van der Waals surface area (Å²) in [5.74, 6) is -0.0308. The van der Waals surface area contributed by atoms with Crippen molar-refractivity contribution >= 4 is 40.9 Å². The maximum absolute atomic E-state index is 12.9. The van der Waals surface area contributed by atoms with Gasteiger partial charge in [0.2, 0.25) is 0 Å². The molecule has 0 atom stereocenters. The van der Waals surface area contributed by atoms with Crippen LogP contribution in [0.4, 0.5) is 5.69 Å². The molecule has 8 heteroatoms. The monoisotopic (exact) mass is 397 g/mol. The first kappa shape index (κ1) is 19.4. The number of para-hydroxylation sites is 1. The molecule has 0 unspecified atom stereocenters. The van der Waals surface area contributed by atoms with Crippen LogP contribution >= 0.6 is 12.2 Å². The number of amides is 2. The Balaban J connectivity index is 1.88. The Kier molecular flexibility index (Phi) is 5.60. The van der Waals surface area contributed by atoms with Gasteiger partial charge < -0.3 is 20.5 Å². The topological polar surface area (TPSA) is 93.9 Å². The molecule has 1 aliphatic rings. The predicted octanol–water partition coefficient (Wildman–Crippen LogP) is 2.13. The summed E-state index contributed by atoms with van der Waals surface area (Å²) in [5, 5.41) is 3.27. The summed E-state index contributed by atoms with van der Waals surface area (Å²) in [7, 11) is 1.48. The number of ether oxygens (including phenoxy) is 2. The van der Waals surface area contributed by atoms with Gasteiger partial charge in [0.15, 0.2) is 23.2 Å². The van der Waals surface area contributed by atoms with Crippen LogP contribution in [0.5, 0.6) is 11.5 Å². The van der Waals surface area contributed by atoms with Crippen molar-refractivity contribution in [3.8, 4) is 11.5 Å². The van der Waals surface area contributed by atoms with Gasteiger partial charge in [0.1, 0.15) is 5.70 Å². The van der Waals surface area contributed by atoms with E-state index in [2.05, 4.69) is 5.32 Å². The van der Waals surface area contributed by atoms with Crippen molar-refractivity contribution in [1.82, 2.24) is 5.32 Å². The molecule has 2 amide bonds. The zero-order valence-corrected chi connectivity index (χ0v) is 16.2. The molecular weight excluding hydrogens is 378 g/mol. The number of nitrogens with zero attached hydrogens (tertiary/aromatic N) is 1. The van der Waals surface area contributed by atoms with Crippen LogP contribution in [-0.4, -0.2) is 30.6 Å². The van der Waals surface area contributed by atoms with Crippen molar-refractivity contribution in [3.63, 3.8) is 0 Å². The molecular formula is C20H19N3O4S. The maximum Gasteiger partial charge on any atom is 0.281 e. The van der Waals surface area contributed by atoms with Crippen LogP contribution in [-0.2, 0) is 9.59 Å². The zero-order valence-electron chi connectivity index (χ0n) is 15.4. The number of carbonyl (C=O) groups is 2. The number of rotatable bonds is 6. The highest BCUT2D eigenvalue weighted by molar-refractivity contribution is 7.80. The van der Waals surface area contributed by atoms with Crippen LogP contribution < -0.4 is 25.4 Å². The quantitative estimate of drug-likeness (QED) is 0.573. The minimum absolute atomic E-state index is 0.243. The smallest absolute Gasteiger partial charge is 0.281 e. The molecule has 2 aromatic rings. The average Bonchev–Trinajstić information content (AvgIpc) is 2.94. The first-order chi connectivity index (χ1) is 13.4. The fraction of sp³-hybridized carbons (Fsp3) is 0.150. The van der Waals surface area contributed by atoms with E-state index in [4.69, 9.17) is 27.4 Å². The molecule has 0 aromatic heterocycles. The molecule has 7 nitrogen and oxygen atoms in total. The van der Waals surface area contributed by atoms with Gasteiger partial charge in [-0.25, -0.2) is 0 Å². The summed E-state index contributed by atoms with van der Waals surface area (Å²) in [4.78, 5) is 25.2. The van der Waals surface area contributed by atoms with Crippen molar-refractivity contribution < 1.29 is 19.1 Å². The van der Waals surface area contributed by atoms with E-state index in [0.717, 1.165) is 11.3 Å². The van der Waals surface area contributed by atoms with Crippen molar-refractivity contribution in [3.05, 3.63) is 59.3 Å². The van der Waals surface area contributed by atoms with Crippen LogP contribution in [0.25, 0.3) is 6.08 Å². The lowest BCUT2D eigenvalue weighted by Crippen LogP contribution is -2.30. The number of nitrogens with two attached hydrogens (primary N) is 1. The number of nitrogens with one attached hydrogen (secondary N) is 1. The summed E-state index contributed by atoms with van der Waals surface area (Å²) in [6.45, 7) is 1.67. The third-order valence-electron chi connectivity index (χ3n) is 4.10. The molecule has 0 bridgehead atoms. The number of primary amides is 1. The SMILES string of the molecule is COc1cc(/C=C2/NC(=S)N(c3ccccc3C)C2=O)ccc1OCC(N)=O. The van der Waals surface area contributed by atoms with E-state index in [-0.39, 0.29) is 12.5 Å². The molecule has 3 rings (SSSR count). The molecule has 1 fully saturated rings. The first-order valence-corrected chi connectivity index (χ1v) is 8.83. The highest BCUT2D eigenvalue weighted by Gasteiger charge is 2.32. The Labute approximate surface area is 167 Å². The highest BCUT2D eigenvalue weighted by Crippen LogP contribution is 2.30. The lowest BCUT2D eigenvalue weighted by atomic mass is 10.1. The molecule has 0 spiro atoms. The summed E-state index contributed by atoms with van der Waals surface area (Å²) < 4.78 is 10.6. The van der Waals surface area contributed by atoms with E-state index in [0.29, 0.717) is 27.9 Å². The van der Waals surface area contributed by atoms with Crippen molar-refractivity contribution in [2.75, 3.05) is 18.6 Å². The molecule has 1 saturated heterocycles. The summed E-state index contributed by atoms with van der Waals surface area (Å²) in [5.41, 5.74) is 7.82. The average molecular weight is 397 g/mol. The molecule has 3 N–H and O–H groups in total. The van der Waals surface area contributed by atoms with Crippen molar-refractivity contribution in [2.24, 2.45) is 5.73 Å². The fourth-order valence-corrected chi connectivity index (χ4v) is 3.07. The van der Waals surface area contributed by atoms with Gasteiger partial charge >= 0.3 is 0 Å². The van der Waals surface area contributed by atoms with E-state index in [1.54, 1.807) is 24.3 Å². The van der Waals surface area contributed by atoms with E-state index in [1.165, 1.54) is 12.0 Å². The Hall–Kier alpha value is -3.39. The minimum atomic E-state index is -0.584. The van der Waals surface area contributed by atoms with Gasteiger partial charge in [-0.3, -0.25) is 14.5 Å². The third-order valence-corrected chi connectivity index (χ3v) is 4.39. The van der Waals surface area contributed by atoms with Gasteiger partial charge in [-0.1, -0.05) is 24.3 Å². The molecule has 28 heavy (non-hydrogen) atoms. The second-order valence-electron chi connectivity index (χ2n) is 6.08. The van der Waals surface area contributed by atoms with E-state index in [1.807, 2.05) is 31.2 Å². The Morgan fingerprint density at radius 1 is 1.25 bits per heavy atom. The molecule has 144 valence electrons. The van der Waals surface area contributed by atoms with E-state index >= 15 is 0 Å². The number of aryl methyl sites for hydroxylation is 1. The Morgan fingerprint density at radius 2 is 2.00 bits per heavy atom. The van der Waals surface area contributed by atoms with Crippen molar-refractivity contribution in [1.29, 1.82) is 0 Å². The number of hydrogen-bond donors (Lipinski definition) is 2. The normalized spacial score (nSPS) is 14.9. The molecule has 0 saturated carbocycles. The number of methoxy groups -OCH3 is 1. The van der Waals surface area contributed by atoms with Crippen molar-refractivity contribution in [2.45, 2.75) is 6.92 Å². The van der Waals surface area contributed by atoms with Gasteiger partial charge in [-0.05, 0) is 54.5 Å². The second-order valence-corrected chi connectivity index (χ2v) is 6.47. The van der Waals surface area contributed by atoms with Crippen LogP contribution in [0.1, 0.15) is 11.1 Å². The van der Waals surface area contributed by atoms with Gasteiger partial charge in [0, 0.05) is 0 Å². The van der Waals surface area contributed by atoms with Crippen LogP contribution in [0.2, 0.25) is 0 Å². The summed E-state index contributed by atoms with van der Waals surface area (Å²) in [6, 6.07) is 12.6. The highest BCUT2D eigenvalue weighted by atomic mass is 32.1. The van der Waals surface area contributed by atoms with Gasteiger partial charge in [0.25, 0.3) is 11.8 Å². The lowest BCUT2D eigenvalue weighted by Gasteiger charge is -2.16. The predicted molar refractivity (Wildman–Crippen MR) is 110 cm³/mol. The van der Waals surface area contributed by atoms with Crippen LogP contribution in [0, 0.1) is 6.92 Å². The summed E-state index contributed by atoms with van der Waals surface area (Å²) in [6.07, 6.45) is 1.67. The maximum atomic E-state index is 12.9. The van der Waals surface area contributed by atoms with Crippen LogP contribution in [0.15, 0.2) is 48.2 Å². The number of thiocarbonyl (C=S) groups is 1. The number of carbonyl (C=O) groups excluding carboxylic acids is 2. The molecule has 1 aliphatic heterocycles. The lowest BCUT2D eigenvalue weighted by molar-refractivity contribution is -0.120. The van der Waals surface area contributed by atoms with E-state index in [9.17, 15) is 9.59 Å². The second kappa shape index (κ2) is 8.10. The number of hydrogen-bond acceptors (Lipinski definition) is 5. The first-order valence-electron chi connectivity index (χ1n) is 8.42. The molecule has 0 radical (unpaired) electrons. The minimum Gasteiger partial charge on any atom is -0.493 e. The number of benzene rings is 2. The Morgan fingerprint density at radius 3 is 2.68 bits per heavy atom. The number of anilines is 1.